The molecule has 11 heteroatoms. The zero-order chi connectivity index (χ0) is 34.7. The van der Waals surface area contributed by atoms with Gasteiger partial charge in [0.25, 0.3) is 0 Å². The highest BCUT2D eigenvalue weighted by molar-refractivity contribution is 7.97. The van der Waals surface area contributed by atoms with E-state index in [0.717, 1.165) is 63.8 Å². The normalized spacial score (nSPS) is 14.3. The fourth-order valence-corrected chi connectivity index (χ4v) is 7.72. The number of hydrogen-bond donors (Lipinski definition) is 4. The van der Waals surface area contributed by atoms with Crippen LogP contribution in [0.5, 0.6) is 0 Å². The molecule has 1 amide bonds. The Bertz CT molecular complexity index is 1800. The van der Waals surface area contributed by atoms with E-state index in [1.165, 1.54) is 32.4 Å². The van der Waals surface area contributed by atoms with E-state index in [0.29, 0.717) is 19.6 Å². The average Bonchev–Trinajstić information content (AvgIpc) is 3.74. The van der Waals surface area contributed by atoms with Crippen molar-refractivity contribution in [3.63, 3.8) is 0 Å². The largest absolute Gasteiger partial charge is 0.395 e. The summed E-state index contributed by atoms with van der Waals surface area (Å²) in [6.07, 6.45) is 7.11. The number of fused-ring (bicyclic) bond motifs is 1. The minimum Gasteiger partial charge on any atom is -0.395 e. The first-order valence-corrected chi connectivity index (χ1v) is 18.5. The maximum absolute atomic E-state index is 12.3. The summed E-state index contributed by atoms with van der Waals surface area (Å²) in [5.74, 6) is 0.533. The average molecular weight is 696 g/mol. The number of hydrogen-bond acceptors (Lipinski definition) is 8. The van der Waals surface area contributed by atoms with Gasteiger partial charge in [-0.05, 0) is 117 Å². The molecule has 0 spiro atoms. The summed E-state index contributed by atoms with van der Waals surface area (Å²) in [6.45, 7) is 5.74. The Morgan fingerprint density at radius 2 is 1.68 bits per heavy atom. The number of carbonyl (C=O) groups excluding carboxylic acids is 1. The number of aliphatic hydroxyl groups excluding tert-OH is 2. The maximum Gasteiger partial charge on any atom is 0.219 e. The third kappa shape index (κ3) is 9.15. The molecule has 10 nitrogen and oxygen atoms in total. The van der Waals surface area contributed by atoms with Gasteiger partial charge in [-0.15, -0.1) is 0 Å². The van der Waals surface area contributed by atoms with Crippen LogP contribution in [0.3, 0.4) is 0 Å². The number of imidazole rings is 1. The highest BCUT2D eigenvalue weighted by Gasteiger charge is 2.20. The second-order valence-corrected chi connectivity index (χ2v) is 14.0. The summed E-state index contributed by atoms with van der Waals surface area (Å²) in [6, 6.07) is 28.6. The monoisotopic (exact) mass is 695 g/mol. The van der Waals surface area contributed by atoms with E-state index in [2.05, 4.69) is 67.3 Å². The van der Waals surface area contributed by atoms with Crippen molar-refractivity contribution < 1.29 is 15.0 Å². The van der Waals surface area contributed by atoms with Crippen molar-refractivity contribution in [2.75, 3.05) is 50.8 Å². The van der Waals surface area contributed by atoms with Crippen LogP contribution in [0.1, 0.15) is 49.4 Å². The molecule has 3 heterocycles. The Labute approximate surface area is 299 Å². The molecule has 3 aromatic carbocycles. The van der Waals surface area contributed by atoms with Crippen molar-refractivity contribution in [2.24, 2.45) is 5.73 Å². The van der Waals surface area contributed by atoms with Crippen molar-refractivity contribution in [3.05, 3.63) is 102 Å². The van der Waals surface area contributed by atoms with Crippen molar-refractivity contribution in [3.8, 4) is 11.4 Å². The molecule has 0 radical (unpaired) electrons. The summed E-state index contributed by atoms with van der Waals surface area (Å²) in [7, 11) is 0. The molecule has 264 valence electrons. The molecule has 1 atom stereocenters. The molecule has 6 rings (SSSR count). The molecule has 1 unspecified atom stereocenters. The van der Waals surface area contributed by atoms with Crippen LogP contribution in [0.4, 0.5) is 5.69 Å². The topological polar surface area (TPSA) is 125 Å². The van der Waals surface area contributed by atoms with Crippen LogP contribution in [0, 0.1) is 0 Å². The van der Waals surface area contributed by atoms with Crippen LogP contribution in [-0.2, 0) is 17.9 Å². The third-order valence-electron chi connectivity index (χ3n) is 9.38. The fourth-order valence-electron chi connectivity index (χ4n) is 6.84. The van der Waals surface area contributed by atoms with E-state index >= 15 is 0 Å². The minimum absolute atomic E-state index is 0.0158. The second-order valence-electron chi connectivity index (χ2n) is 12.9. The first-order chi connectivity index (χ1) is 24.5. The predicted molar refractivity (Wildman–Crippen MR) is 202 cm³/mol. The number of aromatic nitrogens is 3. The van der Waals surface area contributed by atoms with E-state index < -0.39 is 0 Å². The molecule has 1 aliphatic heterocycles. The van der Waals surface area contributed by atoms with Gasteiger partial charge in [0.15, 0.2) is 0 Å². The zero-order valence-corrected chi connectivity index (χ0v) is 29.5. The van der Waals surface area contributed by atoms with E-state index in [1.807, 2.05) is 47.5 Å². The second kappa shape index (κ2) is 17.7. The summed E-state index contributed by atoms with van der Waals surface area (Å²) >= 11 is 1.65. The van der Waals surface area contributed by atoms with E-state index in [-0.39, 0.29) is 31.6 Å². The number of carbonyl (C=O) groups is 1. The van der Waals surface area contributed by atoms with E-state index in [1.54, 1.807) is 11.9 Å². The lowest BCUT2D eigenvalue weighted by molar-refractivity contribution is -0.118. The van der Waals surface area contributed by atoms with Gasteiger partial charge in [0, 0.05) is 66.7 Å². The maximum atomic E-state index is 12.3. The van der Waals surface area contributed by atoms with Crippen LogP contribution < -0.4 is 16.0 Å². The smallest absolute Gasteiger partial charge is 0.219 e. The van der Waals surface area contributed by atoms with Gasteiger partial charge in [0.05, 0.1) is 24.2 Å². The molecule has 1 aliphatic rings. The SMILES string of the molecule is NC(=O)CC(NCc1cccn1Sc1ccccc1)c1ccc2c(c1)nc(-c1ccc(N(CCO)CCO)cc1)n2CCCN1CCCCC1. The van der Waals surface area contributed by atoms with Crippen LogP contribution in [-0.4, -0.2) is 80.5 Å². The molecule has 0 bridgehead atoms. The molecule has 50 heavy (non-hydrogen) atoms. The number of piperidine rings is 1. The van der Waals surface area contributed by atoms with Crippen LogP contribution in [0.25, 0.3) is 22.4 Å². The zero-order valence-electron chi connectivity index (χ0n) is 28.7. The van der Waals surface area contributed by atoms with Gasteiger partial charge in [-0.25, -0.2) is 4.98 Å². The van der Waals surface area contributed by atoms with Crippen LogP contribution >= 0.6 is 11.9 Å². The number of amides is 1. The number of rotatable bonds is 18. The van der Waals surface area contributed by atoms with Crippen molar-refractivity contribution >= 4 is 34.6 Å². The molecule has 5 aromatic rings. The number of aliphatic hydroxyl groups is 2. The summed E-state index contributed by atoms with van der Waals surface area (Å²) in [4.78, 5) is 23.2. The third-order valence-corrected chi connectivity index (χ3v) is 10.4. The number of anilines is 1. The summed E-state index contributed by atoms with van der Waals surface area (Å²) in [5, 5.41) is 22.7. The number of aryl methyl sites for hydroxylation is 1. The number of primary amides is 1. The number of nitrogens with zero attached hydrogens (tertiary/aromatic N) is 5. The van der Waals surface area contributed by atoms with Gasteiger partial charge in [-0.3, -0.25) is 8.77 Å². The quantitative estimate of drug-likeness (QED) is 0.0957. The first-order valence-electron chi connectivity index (χ1n) is 17.7. The molecule has 5 N–H and O–H groups in total. The van der Waals surface area contributed by atoms with Crippen molar-refractivity contribution in [1.82, 2.24) is 23.7 Å². The number of nitrogens with two attached hydrogens (primary N) is 1. The Hall–Kier alpha value is -4.13. The van der Waals surface area contributed by atoms with E-state index in [9.17, 15) is 15.0 Å². The van der Waals surface area contributed by atoms with Gasteiger partial charge >= 0.3 is 0 Å². The predicted octanol–water partition coefficient (Wildman–Crippen LogP) is 5.43. The molecular formula is C39H49N7O3S. The lowest BCUT2D eigenvalue weighted by atomic mass is 10.0. The summed E-state index contributed by atoms with van der Waals surface area (Å²) in [5.41, 5.74) is 11.7. The lowest BCUT2D eigenvalue weighted by Gasteiger charge is -2.26. The molecule has 0 saturated carbocycles. The van der Waals surface area contributed by atoms with Crippen molar-refractivity contribution in [2.45, 2.75) is 56.1 Å². The summed E-state index contributed by atoms with van der Waals surface area (Å²) < 4.78 is 4.46. The highest BCUT2D eigenvalue weighted by atomic mass is 32.2. The number of benzene rings is 3. The minimum atomic E-state index is -0.364. The number of likely N-dealkylation sites (tertiary alicyclic amines) is 1. The van der Waals surface area contributed by atoms with Gasteiger partial charge in [0.2, 0.25) is 5.91 Å². The lowest BCUT2D eigenvalue weighted by Crippen LogP contribution is -2.31. The van der Waals surface area contributed by atoms with Crippen LogP contribution in [0.2, 0.25) is 0 Å². The Morgan fingerprint density at radius 3 is 2.40 bits per heavy atom. The van der Waals surface area contributed by atoms with Gasteiger partial charge < -0.3 is 35.6 Å². The molecule has 2 aromatic heterocycles. The molecule has 1 fully saturated rings. The fraction of sp³-hybridized carbons (Fsp3) is 0.385. The van der Waals surface area contributed by atoms with E-state index in [4.69, 9.17) is 10.7 Å². The molecule has 0 aliphatic carbocycles. The van der Waals surface area contributed by atoms with Crippen LogP contribution in [0.15, 0.2) is 96.0 Å². The van der Waals surface area contributed by atoms with Crippen molar-refractivity contribution in [1.29, 1.82) is 0 Å². The number of nitrogens with one attached hydrogen (secondary N) is 1. The Morgan fingerprint density at radius 1 is 0.920 bits per heavy atom. The van der Waals surface area contributed by atoms with Gasteiger partial charge in [-0.2, -0.15) is 0 Å². The highest BCUT2D eigenvalue weighted by Crippen LogP contribution is 2.30. The Kier molecular flexibility index (Phi) is 12.6. The van der Waals surface area contributed by atoms with Gasteiger partial charge in [0.1, 0.15) is 5.82 Å². The standard InChI is InChI=1S/C39H49N7O3S/c40-38(49)28-35(41-29-33-9-7-22-46(33)50-34-10-3-1-4-11-34)31-14-17-37-36(27-31)42-39(45(37)21-8-20-43-18-5-2-6-19-43)30-12-15-32(16-13-30)44(23-25-47)24-26-48/h1,3-4,7,9-17,22,27,35,41,47-48H,2,5-6,8,18-21,23-26,28-29H2,(H2,40,49). The Balaban J connectivity index is 1.26. The molecular weight excluding hydrogens is 647 g/mol. The van der Waals surface area contributed by atoms with Gasteiger partial charge in [-0.1, -0.05) is 30.7 Å². The first kappa shape index (κ1) is 35.7. The molecule has 1 saturated heterocycles.